The number of carbonyl (C=O) groups excluding carboxylic acids is 3. The minimum atomic E-state index is -0.662. The Morgan fingerprint density at radius 3 is 2.09 bits per heavy atom. The number of ether oxygens (including phenoxy) is 3. The molecule has 1 amide bonds. The Morgan fingerprint density at radius 2 is 1.55 bits per heavy atom. The Labute approximate surface area is 195 Å². The standard InChI is InChI=1S/C23H22ClN3O6/c1-13-7-18(8-14(2)20(13)24)33-12-27-6-5-19(26-27)21(28)25-17-10-15(22(29)31-3)9-16(11-17)23(30)32-4/h5-11H,12H2,1-4H3,(H,25,28). The van der Waals surface area contributed by atoms with Gasteiger partial charge in [0.2, 0.25) is 0 Å². The molecule has 2 aromatic carbocycles. The lowest BCUT2D eigenvalue weighted by Crippen LogP contribution is -2.16. The molecule has 1 aromatic heterocycles. The molecular weight excluding hydrogens is 450 g/mol. The smallest absolute Gasteiger partial charge is 0.337 e. The fraction of sp³-hybridized carbons (Fsp3) is 0.217. The summed E-state index contributed by atoms with van der Waals surface area (Å²) in [4.78, 5) is 36.5. The second kappa shape index (κ2) is 10.2. The van der Waals surface area contributed by atoms with E-state index in [9.17, 15) is 14.4 Å². The van der Waals surface area contributed by atoms with Gasteiger partial charge in [0.05, 0.1) is 25.3 Å². The first-order valence-corrected chi connectivity index (χ1v) is 10.2. The molecule has 1 heterocycles. The van der Waals surface area contributed by atoms with E-state index in [4.69, 9.17) is 25.8 Å². The molecule has 3 aromatic rings. The Bertz CT molecular complexity index is 1160. The summed E-state index contributed by atoms with van der Waals surface area (Å²) in [6.45, 7) is 3.86. The number of hydrogen-bond acceptors (Lipinski definition) is 7. The third-order valence-electron chi connectivity index (χ3n) is 4.68. The molecule has 9 nitrogen and oxygen atoms in total. The average molecular weight is 472 g/mol. The number of carbonyl (C=O) groups is 3. The summed E-state index contributed by atoms with van der Waals surface area (Å²) < 4.78 is 16.6. The Balaban J connectivity index is 1.73. The number of nitrogens with one attached hydrogen (secondary N) is 1. The summed E-state index contributed by atoms with van der Waals surface area (Å²) in [5.41, 5.74) is 2.29. The van der Waals surface area contributed by atoms with E-state index in [1.165, 1.54) is 43.2 Å². The molecule has 10 heteroatoms. The Kier molecular flexibility index (Phi) is 7.34. The van der Waals surface area contributed by atoms with Gasteiger partial charge in [-0.25, -0.2) is 14.3 Å². The number of anilines is 1. The Morgan fingerprint density at radius 1 is 0.970 bits per heavy atom. The maximum Gasteiger partial charge on any atom is 0.337 e. The van der Waals surface area contributed by atoms with Crippen LogP contribution in [0.15, 0.2) is 42.6 Å². The van der Waals surface area contributed by atoms with E-state index in [0.29, 0.717) is 10.8 Å². The fourth-order valence-electron chi connectivity index (χ4n) is 3.05. The summed E-state index contributed by atoms with van der Waals surface area (Å²) in [5, 5.41) is 7.51. The van der Waals surface area contributed by atoms with Crippen LogP contribution in [0.5, 0.6) is 5.75 Å². The van der Waals surface area contributed by atoms with Crippen molar-refractivity contribution in [3.63, 3.8) is 0 Å². The van der Waals surface area contributed by atoms with Crippen LogP contribution >= 0.6 is 11.6 Å². The molecule has 0 atom stereocenters. The van der Waals surface area contributed by atoms with Crippen molar-refractivity contribution < 1.29 is 28.6 Å². The monoisotopic (exact) mass is 471 g/mol. The number of aromatic nitrogens is 2. The molecular formula is C23H22ClN3O6. The van der Waals surface area contributed by atoms with Crippen LogP contribution in [0, 0.1) is 13.8 Å². The number of nitrogens with zero attached hydrogens (tertiary/aromatic N) is 2. The van der Waals surface area contributed by atoms with Crippen LogP contribution in [0.4, 0.5) is 5.69 Å². The minimum Gasteiger partial charge on any atom is -0.471 e. The van der Waals surface area contributed by atoms with Crippen molar-refractivity contribution in [1.29, 1.82) is 0 Å². The van der Waals surface area contributed by atoms with Gasteiger partial charge in [0.1, 0.15) is 5.75 Å². The maximum absolute atomic E-state index is 12.7. The van der Waals surface area contributed by atoms with Crippen molar-refractivity contribution >= 4 is 35.1 Å². The number of rotatable bonds is 7. The van der Waals surface area contributed by atoms with Crippen LogP contribution in [-0.2, 0) is 16.2 Å². The first-order valence-electron chi connectivity index (χ1n) is 9.78. The zero-order valence-corrected chi connectivity index (χ0v) is 19.2. The zero-order valence-electron chi connectivity index (χ0n) is 18.5. The Hall–Kier alpha value is -3.85. The van der Waals surface area contributed by atoms with E-state index in [0.717, 1.165) is 11.1 Å². The molecule has 0 aliphatic rings. The summed E-state index contributed by atoms with van der Waals surface area (Å²) in [5.74, 6) is -1.23. The number of hydrogen-bond donors (Lipinski definition) is 1. The highest BCUT2D eigenvalue weighted by atomic mass is 35.5. The van der Waals surface area contributed by atoms with Gasteiger partial charge >= 0.3 is 11.9 Å². The number of benzene rings is 2. The molecule has 0 bridgehead atoms. The third-order valence-corrected chi connectivity index (χ3v) is 5.28. The zero-order chi connectivity index (χ0) is 24.1. The van der Waals surface area contributed by atoms with Gasteiger partial charge in [-0.15, -0.1) is 0 Å². The molecule has 0 fully saturated rings. The van der Waals surface area contributed by atoms with E-state index < -0.39 is 17.8 Å². The molecule has 172 valence electrons. The van der Waals surface area contributed by atoms with E-state index in [2.05, 4.69) is 10.4 Å². The van der Waals surface area contributed by atoms with Crippen molar-refractivity contribution in [2.45, 2.75) is 20.6 Å². The quantitative estimate of drug-likeness (QED) is 0.518. The van der Waals surface area contributed by atoms with E-state index >= 15 is 0 Å². The van der Waals surface area contributed by atoms with Crippen molar-refractivity contribution in [2.75, 3.05) is 19.5 Å². The molecule has 0 saturated heterocycles. The largest absolute Gasteiger partial charge is 0.471 e. The molecule has 0 aliphatic carbocycles. The summed E-state index contributed by atoms with van der Waals surface area (Å²) in [7, 11) is 2.43. The molecule has 0 unspecified atom stereocenters. The SMILES string of the molecule is COC(=O)c1cc(NC(=O)c2ccn(COc3cc(C)c(Cl)c(C)c3)n2)cc(C(=O)OC)c1. The van der Waals surface area contributed by atoms with Crippen molar-refractivity contribution in [2.24, 2.45) is 0 Å². The van der Waals surface area contributed by atoms with Gasteiger partial charge in [0.25, 0.3) is 5.91 Å². The average Bonchev–Trinajstić information content (AvgIpc) is 3.29. The van der Waals surface area contributed by atoms with Crippen molar-refractivity contribution in [1.82, 2.24) is 9.78 Å². The molecule has 3 rings (SSSR count). The first-order chi connectivity index (χ1) is 15.7. The second-order valence-electron chi connectivity index (χ2n) is 7.12. The number of methoxy groups -OCH3 is 2. The predicted octanol–water partition coefficient (Wildman–Crippen LogP) is 4.02. The molecule has 0 aliphatic heterocycles. The van der Waals surface area contributed by atoms with Gasteiger partial charge < -0.3 is 19.5 Å². The van der Waals surface area contributed by atoms with E-state index in [1.54, 1.807) is 6.20 Å². The van der Waals surface area contributed by atoms with Crippen LogP contribution in [0.3, 0.4) is 0 Å². The van der Waals surface area contributed by atoms with Crippen LogP contribution in [0.1, 0.15) is 42.3 Å². The lowest BCUT2D eigenvalue weighted by atomic mass is 10.1. The molecule has 33 heavy (non-hydrogen) atoms. The van der Waals surface area contributed by atoms with Crippen molar-refractivity contribution in [3.05, 3.63) is 75.6 Å². The highest BCUT2D eigenvalue weighted by Crippen LogP contribution is 2.26. The lowest BCUT2D eigenvalue weighted by Gasteiger charge is -2.10. The molecule has 0 radical (unpaired) electrons. The van der Waals surface area contributed by atoms with Gasteiger partial charge in [-0.3, -0.25) is 4.79 Å². The summed E-state index contributed by atoms with van der Waals surface area (Å²) in [6, 6.07) is 9.25. The molecule has 1 N–H and O–H groups in total. The second-order valence-corrected chi connectivity index (χ2v) is 7.50. The minimum absolute atomic E-state index is 0.0815. The highest BCUT2D eigenvalue weighted by molar-refractivity contribution is 6.32. The van der Waals surface area contributed by atoms with Crippen LogP contribution in [0.25, 0.3) is 0 Å². The summed E-state index contributed by atoms with van der Waals surface area (Å²) in [6.07, 6.45) is 1.59. The van der Waals surface area contributed by atoms with Gasteiger partial charge in [-0.05, 0) is 61.4 Å². The lowest BCUT2D eigenvalue weighted by molar-refractivity contribution is 0.0599. The number of amides is 1. The summed E-state index contributed by atoms with van der Waals surface area (Å²) >= 11 is 6.17. The normalized spacial score (nSPS) is 10.5. The van der Waals surface area contributed by atoms with Gasteiger partial charge in [0, 0.05) is 16.9 Å². The van der Waals surface area contributed by atoms with Crippen LogP contribution < -0.4 is 10.1 Å². The van der Waals surface area contributed by atoms with E-state index in [-0.39, 0.29) is 29.2 Å². The number of halogens is 1. The topological polar surface area (TPSA) is 109 Å². The van der Waals surface area contributed by atoms with Crippen LogP contribution in [0.2, 0.25) is 5.02 Å². The number of esters is 2. The maximum atomic E-state index is 12.7. The van der Waals surface area contributed by atoms with Gasteiger partial charge in [-0.1, -0.05) is 11.6 Å². The fourth-order valence-corrected chi connectivity index (χ4v) is 3.16. The molecule has 0 saturated carbocycles. The van der Waals surface area contributed by atoms with E-state index in [1.807, 2.05) is 26.0 Å². The van der Waals surface area contributed by atoms with Gasteiger partial charge in [0.15, 0.2) is 12.4 Å². The molecule has 0 spiro atoms. The third kappa shape index (κ3) is 5.69. The first kappa shape index (κ1) is 23.8. The van der Waals surface area contributed by atoms with Crippen molar-refractivity contribution in [3.8, 4) is 5.75 Å². The highest BCUT2D eigenvalue weighted by Gasteiger charge is 2.17. The van der Waals surface area contributed by atoms with Gasteiger partial charge in [-0.2, -0.15) is 5.10 Å². The number of aryl methyl sites for hydroxylation is 2. The predicted molar refractivity (Wildman–Crippen MR) is 121 cm³/mol. The van der Waals surface area contributed by atoms with Crippen LogP contribution in [-0.4, -0.2) is 41.8 Å².